The smallest absolute Gasteiger partial charge is 0.256 e. The van der Waals surface area contributed by atoms with Crippen molar-refractivity contribution in [2.45, 2.75) is 6.92 Å². The summed E-state index contributed by atoms with van der Waals surface area (Å²) in [7, 11) is 0. The molecule has 1 heterocycles. The number of nitrogens with zero attached hydrogens (tertiary/aromatic N) is 2. The number of amides is 1. The molecule has 1 aromatic heterocycles. The van der Waals surface area contributed by atoms with E-state index >= 15 is 0 Å². The Bertz CT molecular complexity index is 648. The molecule has 0 saturated carbocycles. The number of oxime groups is 1. The van der Waals surface area contributed by atoms with E-state index in [-0.39, 0.29) is 17.6 Å². The number of nitrogens with one attached hydrogen (secondary N) is 2. The van der Waals surface area contributed by atoms with Gasteiger partial charge < -0.3 is 21.0 Å². The lowest BCUT2D eigenvalue weighted by Crippen LogP contribution is -2.18. The molecule has 0 unspecified atom stereocenters. The molecular weight excluding hydrogens is 274 g/mol. The molecule has 0 aliphatic carbocycles. The molecule has 0 radical (unpaired) electrons. The Balaban J connectivity index is 2.13. The molecule has 5 N–H and O–H groups in total. The number of ether oxygens (including phenoxy) is 1. The molecule has 0 aliphatic rings. The number of anilines is 1. The molecule has 1 aromatic carbocycles. The Kier molecular flexibility index (Phi) is 4.39. The maximum atomic E-state index is 12.1. The molecule has 8 heteroatoms. The van der Waals surface area contributed by atoms with Crippen LogP contribution in [0.1, 0.15) is 22.8 Å². The van der Waals surface area contributed by atoms with Crippen LogP contribution < -0.4 is 15.8 Å². The molecule has 0 spiro atoms. The van der Waals surface area contributed by atoms with Crippen molar-refractivity contribution >= 4 is 17.6 Å². The number of amidine groups is 1. The predicted molar refractivity (Wildman–Crippen MR) is 76.7 cm³/mol. The summed E-state index contributed by atoms with van der Waals surface area (Å²) in [4.78, 5) is 12.1. The highest BCUT2D eigenvalue weighted by Gasteiger charge is 2.13. The Morgan fingerprint density at radius 3 is 2.81 bits per heavy atom. The van der Waals surface area contributed by atoms with E-state index in [9.17, 15) is 4.79 Å². The van der Waals surface area contributed by atoms with Crippen LogP contribution in [0.15, 0.2) is 35.6 Å². The fraction of sp³-hybridized carbons (Fsp3) is 0.154. The number of aromatic amines is 1. The van der Waals surface area contributed by atoms with Crippen LogP contribution in [0.25, 0.3) is 0 Å². The van der Waals surface area contributed by atoms with Crippen molar-refractivity contribution in [1.29, 1.82) is 0 Å². The number of carbonyl (C=O) groups is 1. The van der Waals surface area contributed by atoms with Crippen molar-refractivity contribution in [3.63, 3.8) is 0 Å². The monoisotopic (exact) mass is 289 g/mol. The van der Waals surface area contributed by atoms with Crippen molar-refractivity contribution < 1.29 is 14.7 Å². The number of aromatic nitrogens is 2. The van der Waals surface area contributed by atoms with Crippen LogP contribution >= 0.6 is 0 Å². The van der Waals surface area contributed by atoms with E-state index in [1.807, 2.05) is 6.92 Å². The summed E-state index contributed by atoms with van der Waals surface area (Å²) in [5, 5.41) is 20.5. The summed E-state index contributed by atoms with van der Waals surface area (Å²) in [6, 6.07) is 6.69. The summed E-state index contributed by atoms with van der Waals surface area (Å²) in [5.74, 6) is 0.442. The molecule has 0 saturated heterocycles. The number of hydrogen-bond acceptors (Lipinski definition) is 5. The first kappa shape index (κ1) is 14.4. The van der Waals surface area contributed by atoms with E-state index in [2.05, 4.69) is 20.7 Å². The Morgan fingerprint density at radius 2 is 2.19 bits per heavy atom. The van der Waals surface area contributed by atoms with Crippen LogP contribution in [0.3, 0.4) is 0 Å². The Morgan fingerprint density at radius 1 is 1.48 bits per heavy atom. The number of nitrogens with two attached hydrogens (primary N) is 1. The zero-order valence-corrected chi connectivity index (χ0v) is 11.3. The van der Waals surface area contributed by atoms with Crippen LogP contribution in [0.4, 0.5) is 5.82 Å². The molecule has 0 aliphatic heterocycles. The van der Waals surface area contributed by atoms with Gasteiger partial charge in [0.05, 0.1) is 18.4 Å². The van der Waals surface area contributed by atoms with E-state index in [1.165, 1.54) is 6.20 Å². The SMILES string of the molecule is CCOc1ccc(C(=O)Nc2[nH]ncc2C(N)=NO)cc1. The number of H-pyrrole nitrogens is 1. The van der Waals surface area contributed by atoms with Crippen LogP contribution in [-0.4, -0.2) is 33.8 Å². The van der Waals surface area contributed by atoms with Crippen molar-refractivity contribution in [2.24, 2.45) is 10.9 Å². The van der Waals surface area contributed by atoms with E-state index < -0.39 is 0 Å². The van der Waals surface area contributed by atoms with Gasteiger partial charge in [0, 0.05) is 5.56 Å². The summed E-state index contributed by atoms with van der Waals surface area (Å²) >= 11 is 0. The van der Waals surface area contributed by atoms with Gasteiger partial charge in [0.25, 0.3) is 5.91 Å². The van der Waals surface area contributed by atoms with Crippen molar-refractivity contribution in [1.82, 2.24) is 10.2 Å². The van der Waals surface area contributed by atoms with Gasteiger partial charge in [-0.15, -0.1) is 0 Å². The van der Waals surface area contributed by atoms with E-state index in [4.69, 9.17) is 15.7 Å². The first-order valence-electron chi connectivity index (χ1n) is 6.21. The summed E-state index contributed by atoms with van der Waals surface area (Å²) in [5.41, 5.74) is 6.22. The van der Waals surface area contributed by atoms with Crippen molar-refractivity contribution in [2.75, 3.05) is 11.9 Å². The predicted octanol–water partition coefficient (Wildman–Crippen LogP) is 1.16. The zero-order chi connectivity index (χ0) is 15.2. The maximum Gasteiger partial charge on any atom is 0.256 e. The lowest BCUT2D eigenvalue weighted by Gasteiger charge is -2.06. The molecule has 110 valence electrons. The average Bonchev–Trinajstić information content (AvgIpc) is 2.95. The van der Waals surface area contributed by atoms with Crippen LogP contribution in [0.2, 0.25) is 0 Å². The topological polar surface area (TPSA) is 126 Å². The second-order valence-electron chi connectivity index (χ2n) is 4.06. The van der Waals surface area contributed by atoms with Crippen LogP contribution in [0, 0.1) is 0 Å². The first-order chi connectivity index (χ1) is 10.2. The molecule has 0 fully saturated rings. The van der Waals surface area contributed by atoms with Gasteiger partial charge in [-0.3, -0.25) is 9.89 Å². The minimum atomic E-state index is -0.353. The minimum absolute atomic E-state index is 0.147. The van der Waals surface area contributed by atoms with Crippen LogP contribution in [0.5, 0.6) is 5.75 Å². The molecule has 21 heavy (non-hydrogen) atoms. The lowest BCUT2D eigenvalue weighted by molar-refractivity contribution is 0.102. The number of rotatable bonds is 5. The minimum Gasteiger partial charge on any atom is -0.494 e. The Labute approximate surface area is 120 Å². The third-order valence-electron chi connectivity index (χ3n) is 2.69. The summed E-state index contributed by atoms with van der Waals surface area (Å²) in [6.07, 6.45) is 1.35. The highest BCUT2D eigenvalue weighted by Crippen LogP contribution is 2.15. The molecule has 8 nitrogen and oxygen atoms in total. The lowest BCUT2D eigenvalue weighted by atomic mass is 10.2. The number of hydrogen-bond donors (Lipinski definition) is 4. The number of carbonyl (C=O) groups excluding carboxylic acids is 1. The fourth-order valence-electron chi connectivity index (χ4n) is 1.68. The van der Waals surface area contributed by atoms with Gasteiger partial charge in [-0.2, -0.15) is 5.10 Å². The van der Waals surface area contributed by atoms with Gasteiger partial charge in [-0.25, -0.2) is 0 Å². The van der Waals surface area contributed by atoms with E-state index in [0.29, 0.717) is 23.5 Å². The average molecular weight is 289 g/mol. The fourth-order valence-corrected chi connectivity index (χ4v) is 1.68. The van der Waals surface area contributed by atoms with Gasteiger partial charge in [0.2, 0.25) is 0 Å². The molecule has 0 atom stereocenters. The molecule has 2 aromatic rings. The normalized spacial score (nSPS) is 11.2. The third kappa shape index (κ3) is 3.30. The maximum absolute atomic E-state index is 12.1. The summed E-state index contributed by atoms with van der Waals surface area (Å²) in [6.45, 7) is 2.44. The van der Waals surface area contributed by atoms with Gasteiger partial charge >= 0.3 is 0 Å². The summed E-state index contributed by atoms with van der Waals surface area (Å²) < 4.78 is 5.30. The molecule has 1 amide bonds. The van der Waals surface area contributed by atoms with Crippen molar-refractivity contribution in [3.05, 3.63) is 41.6 Å². The van der Waals surface area contributed by atoms with Gasteiger partial charge in [-0.1, -0.05) is 5.16 Å². The van der Waals surface area contributed by atoms with Crippen LogP contribution in [-0.2, 0) is 0 Å². The second-order valence-corrected chi connectivity index (χ2v) is 4.06. The van der Waals surface area contributed by atoms with Gasteiger partial charge in [0.1, 0.15) is 11.6 Å². The highest BCUT2D eigenvalue weighted by molar-refractivity contribution is 6.08. The third-order valence-corrected chi connectivity index (χ3v) is 2.69. The standard InChI is InChI=1S/C13H15N5O3/c1-2-21-9-5-3-8(4-6-9)13(19)16-12-10(7-15-17-12)11(14)18-20/h3-7,20H,2H2,1H3,(H2,14,18)(H2,15,16,17,19). The second kappa shape index (κ2) is 6.42. The van der Waals surface area contributed by atoms with E-state index in [0.717, 1.165) is 0 Å². The molecule has 0 bridgehead atoms. The van der Waals surface area contributed by atoms with Crippen molar-refractivity contribution in [3.8, 4) is 5.75 Å². The first-order valence-corrected chi connectivity index (χ1v) is 6.21. The van der Waals surface area contributed by atoms with Gasteiger partial charge in [0.15, 0.2) is 5.84 Å². The van der Waals surface area contributed by atoms with E-state index in [1.54, 1.807) is 24.3 Å². The molecule has 2 rings (SSSR count). The Hall–Kier alpha value is -3.03. The van der Waals surface area contributed by atoms with Gasteiger partial charge in [-0.05, 0) is 31.2 Å². The quantitative estimate of drug-likeness (QED) is 0.284. The number of benzene rings is 1. The molecular formula is C13H15N5O3. The highest BCUT2D eigenvalue weighted by atomic mass is 16.5. The largest absolute Gasteiger partial charge is 0.494 e. The zero-order valence-electron chi connectivity index (χ0n) is 11.3.